The highest BCUT2D eigenvalue weighted by atomic mass is 32.2. The van der Waals surface area contributed by atoms with Crippen molar-refractivity contribution in [2.24, 2.45) is 5.92 Å². The molecule has 0 atom stereocenters. The van der Waals surface area contributed by atoms with Crippen LogP contribution in [-0.4, -0.2) is 13.3 Å². The lowest BCUT2D eigenvalue weighted by Crippen LogP contribution is -2.08. The molecule has 0 unspecified atom stereocenters. The van der Waals surface area contributed by atoms with Gasteiger partial charge in [0.25, 0.3) is 15.7 Å². The van der Waals surface area contributed by atoms with Gasteiger partial charge in [0, 0.05) is 12.1 Å². The Kier molecular flexibility index (Phi) is 3.84. The second-order valence-corrected chi connectivity index (χ2v) is 5.60. The Morgan fingerprint density at radius 2 is 2.00 bits per heavy atom. The van der Waals surface area contributed by atoms with Crippen molar-refractivity contribution < 1.29 is 13.3 Å². The topological polar surface area (TPSA) is 101 Å². The average molecular weight is 257 g/mol. The normalized spacial score (nSPS) is 11.8. The van der Waals surface area contributed by atoms with E-state index in [0.717, 1.165) is 12.1 Å². The molecule has 0 aliphatic carbocycles. The smallest absolute Gasteiger partial charge is 0.258 e. The van der Waals surface area contributed by atoms with Gasteiger partial charge in [-0.2, -0.15) is 0 Å². The quantitative estimate of drug-likeness (QED) is 0.605. The summed E-state index contributed by atoms with van der Waals surface area (Å²) in [6.45, 7) is 3.75. The highest BCUT2D eigenvalue weighted by Crippen LogP contribution is 2.23. The maximum Gasteiger partial charge on any atom is 0.269 e. The summed E-state index contributed by atoms with van der Waals surface area (Å²) >= 11 is 0. The summed E-state index contributed by atoms with van der Waals surface area (Å²) < 4.78 is 22.4. The third-order valence-corrected chi connectivity index (χ3v) is 3.15. The van der Waals surface area contributed by atoms with Crippen LogP contribution >= 0.6 is 0 Å². The lowest BCUT2D eigenvalue weighted by atomic mass is 10.0. The number of nitrogens with zero attached hydrogens (tertiary/aromatic N) is 1. The summed E-state index contributed by atoms with van der Waals surface area (Å²) in [5.74, 6) is 0.150. The van der Waals surface area contributed by atoms with E-state index in [-0.39, 0.29) is 16.5 Å². The Morgan fingerprint density at radius 1 is 1.41 bits per heavy atom. The first-order valence-electron chi connectivity index (χ1n) is 4.98. The number of nitro groups is 1. The molecule has 0 aliphatic heterocycles. The molecule has 93 valence electrons. The first kappa shape index (κ1) is 13.6. The lowest BCUT2D eigenvalue weighted by molar-refractivity contribution is -0.385. The zero-order chi connectivity index (χ0) is 13.2. The summed E-state index contributed by atoms with van der Waals surface area (Å²) in [4.78, 5) is 9.87. The van der Waals surface area contributed by atoms with E-state index < -0.39 is 14.9 Å². The second-order valence-electron chi connectivity index (χ2n) is 4.15. The minimum Gasteiger partial charge on any atom is -0.258 e. The molecule has 0 bridgehead atoms. The molecule has 1 rings (SSSR count). The van der Waals surface area contributed by atoms with Gasteiger partial charge in [-0.25, -0.2) is 8.42 Å². The zero-order valence-corrected chi connectivity index (χ0v) is 10.3. The van der Waals surface area contributed by atoms with Crippen molar-refractivity contribution in [3.63, 3.8) is 0 Å². The van der Waals surface area contributed by atoms with E-state index in [1.807, 2.05) is 13.8 Å². The van der Waals surface area contributed by atoms with Gasteiger partial charge < -0.3 is 0 Å². The van der Waals surface area contributed by atoms with Gasteiger partial charge in [0.15, 0.2) is 0 Å². The standard InChI is InChI=1S/C10H13N2O4S/c1-7(2)5-8-6-9(12(13)14)3-4-10(8)17(11,15)16/h3-4,6-7,11H,5H2,1-2H3. The van der Waals surface area contributed by atoms with Crippen LogP contribution in [0.5, 0.6) is 0 Å². The molecule has 0 fully saturated rings. The Hall–Kier alpha value is -1.47. The number of hydrogen-bond acceptors (Lipinski definition) is 4. The van der Waals surface area contributed by atoms with Crippen LogP contribution in [0, 0.1) is 16.0 Å². The monoisotopic (exact) mass is 257 g/mol. The molecule has 0 amide bonds. The lowest BCUT2D eigenvalue weighted by Gasteiger charge is -2.09. The number of sulfonamides is 1. The van der Waals surface area contributed by atoms with Crippen molar-refractivity contribution in [1.29, 1.82) is 0 Å². The first-order valence-corrected chi connectivity index (χ1v) is 6.47. The fourth-order valence-corrected chi connectivity index (χ4v) is 2.28. The van der Waals surface area contributed by atoms with E-state index in [9.17, 15) is 18.5 Å². The summed E-state index contributed by atoms with van der Waals surface area (Å²) in [7, 11) is -4.09. The van der Waals surface area contributed by atoms with Crippen LogP contribution in [0.2, 0.25) is 0 Å². The van der Waals surface area contributed by atoms with Crippen LogP contribution in [0.4, 0.5) is 5.69 Å². The molecule has 6 nitrogen and oxygen atoms in total. The maximum atomic E-state index is 11.2. The van der Waals surface area contributed by atoms with E-state index in [1.165, 1.54) is 6.07 Å². The number of nitro benzene ring substituents is 1. The molecule has 0 aromatic heterocycles. The highest BCUT2D eigenvalue weighted by Gasteiger charge is 2.18. The molecule has 0 spiro atoms. The number of nitrogens with one attached hydrogen (secondary N) is 1. The van der Waals surface area contributed by atoms with E-state index in [1.54, 1.807) is 0 Å². The van der Waals surface area contributed by atoms with E-state index in [0.29, 0.717) is 12.0 Å². The molecule has 1 aromatic carbocycles. The van der Waals surface area contributed by atoms with Crippen LogP contribution < -0.4 is 5.14 Å². The van der Waals surface area contributed by atoms with Crippen LogP contribution in [0.15, 0.2) is 23.1 Å². The van der Waals surface area contributed by atoms with E-state index in [4.69, 9.17) is 5.14 Å². The van der Waals surface area contributed by atoms with Crippen molar-refractivity contribution in [2.75, 3.05) is 0 Å². The Morgan fingerprint density at radius 3 is 2.41 bits per heavy atom. The van der Waals surface area contributed by atoms with Crippen molar-refractivity contribution in [1.82, 2.24) is 5.14 Å². The van der Waals surface area contributed by atoms with Crippen molar-refractivity contribution in [3.05, 3.63) is 33.9 Å². The molecule has 0 heterocycles. The summed E-state index contributed by atoms with van der Waals surface area (Å²) in [5, 5.41) is 17.6. The van der Waals surface area contributed by atoms with E-state index >= 15 is 0 Å². The molecule has 0 saturated carbocycles. The van der Waals surface area contributed by atoms with Gasteiger partial charge in [0.2, 0.25) is 0 Å². The van der Waals surface area contributed by atoms with Gasteiger partial charge >= 0.3 is 0 Å². The molecule has 7 heteroatoms. The minimum atomic E-state index is -4.09. The fraction of sp³-hybridized carbons (Fsp3) is 0.400. The summed E-state index contributed by atoms with van der Waals surface area (Å²) in [6.07, 6.45) is 0.384. The molecule has 0 aliphatic rings. The number of benzene rings is 1. The largest absolute Gasteiger partial charge is 0.269 e. The van der Waals surface area contributed by atoms with Crippen LogP contribution in [0.1, 0.15) is 19.4 Å². The number of rotatable bonds is 4. The van der Waals surface area contributed by atoms with Crippen molar-refractivity contribution in [3.8, 4) is 0 Å². The SMILES string of the molecule is CC(C)Cc1cc([N+](=O)[O-])ccc1S([NH])(=O)=O. The predicted octanol–water partition coefficient (Wildman–Crippen LogP) is 1.76. The van der Waals surface area contributed by atoms with Gasteiger partial charge in [-0.3, -0.25) is 10.1 Å². The molecule has 17 heavy (non-hydrogen) atoms. The predicted molar refractivity (Wildman–Crippen MR) is 61.9 cm³/mol. The fourth-order valence-electron chi connectivity index (χ4n) is 1.54. The van der Waals surface area contributed by atoms with Gasteiger partial charge in [0.05, 0.1) is 9.82 Å². The van der Waals surface area contributed by atoms with Crippen LogP contribution in [0.25, 0.3) is 0 Å². The van der Waals surface area contributed by atoms with Crippen LogP contribution in [-0.2, 0) is 16.4 Å². The average Bonchev–Trinajstić information content (AvgIpc) is 2.14. The maximum absolute atomic E-state index is 11.2. The van der Waals surface area contributed by atoms with Gasteiger partial charge in [-0.15, -0.1) is 5.14 Å². The number of hydrogen-bond donors (Lipinski definition) is 0. The van der Waals surface area contributed by atoms with Crippen LogP contribution in [0.3, 0.4) is 0 Å². The van der Waals surface area contributed by atoms with Gasteiger partial charge in [0.1, 0.15) is 0 Å². The zero-order valence-electron chi connectivity index (χ0n) is 9.50. The van der Waals surface area contributed by atoms with Crippen molar-refractivity contribution in [2.45, 2.75) is 25.2 Å². The summed E-state index contributed by atoms with van der Waals surface area (Å²) in [6, 6.07) is 3.45. The van der Waals surface area contributed by atoms with Gasteiger partial charge in [-0.1, -0.05) is 13.8 Å². The first-order chi connectivity index (χ1) is 7.71. The minimum absolute atomic E-state index is 0.150. The Bertz CT molecular complexity index is 537. The Balaban J connectivity index is 3.37. The molecule has 1 N–H and O–H groups in total. The van der Waals surface area contributed by atoms with Gasteiger partial charge in [-0.05, 0) is 24.0 Å². The second kappa shape index (κ2) is 4.80. The molecule has 1 aromatic rings. The summed E-state index contributed by atoms with van der Waals surface area (Å²) in [5.41, 5.74) is 0.164. The molecular formula is C10H13N2O4S. The third kappa shape index (κ3) is 3.50. The third-order valence-electron chi connectivity index (χ3n) is 2.17. The Labute approximate surface area is 99.6 Å². The molecule has 0 saturated heterocycles. The molecule has 1 radical (unpaired) electrons. The number of non-ortho nitro benzene ring substituents is 1. The van der Waals surface area contributed by atoms with Crippen molar-refractivity contribution >= 4 is 15.7 Å². The van der Waals surface area contributed by atoms with E-state index in [2.05, 4.69) is 0 Å². The highest BCUT2D eigenvalue weighted by molar-refractivity contribution is 7.88. The molecular weight excluding hydrogens is 244 g/mol.